The highest BCUT2D eigenvalue weighted by atomic mass is 16.5. The predicted octanol–water partition coefficient (Wildman–Crippen LogP) is 2.80. The van der Waals surface area contributed by atoms with Gasteiger partial charge in [-0.1, -0.05) is 24.5 Å². The summed E-state index contributed by atoms with van der Waals surface area (Å²) in [5.41, 5.74) is 2.10. The number of amides is 2. The molecular weight excluding hydrogens is 254 g/mol. The van der Waals surface area contributed by atoms with Crippen LogP contribution in [0.15, 0.2) is 18.2 Å². The van der Waals surface area contributed by atoms with Crippen molar-refractivity contribution in [1.82, 2.24) is 4.90 Å². The minimum absolute atomic E-state index is 0.148. The SMILES string of the molecule is COCCCCCCN1C(=O)c2ccc(C)cc2C1=O. The second-order valence-corrected chi connectivity index (χ2v) is 5.22. The number of imide groups is 1. The molecule has 0 aromatic heterocycles. The number of carbonyl (C=O) groups is 2. The molecule has 1 aliphatic heterocycles. The van der Waals surface area contributed by atoms with Crippen molar-refractivity contribution >= 4 is 11.8 Å². The minimum atomic E-state index is -0.151. The summed E-state index contributed by atoms with van der Waals surface area (Å²) in [4.78, 5) is 25.8. The number of hydrogen-bond acceptors (Lipinski definition) is 3. The van der Waals surface area contributed by atoms with Crippen molar-refractivity contribution in [3.05, 3.63) is 34.9 Å². The van der Waals surface area contributed by atoms with E-state index in [1.54, 1.807) is 19.2 Å². The van der Waals surface area contributed by atoms with Gasteiger partial charge in [-0.05, 0) is 31.9 Å². The van der Waals surface area contributed by atoms with Crippen LogP contribution in [0.2, 0.25) is 0 Å². The highest BCUT2D eigenvalue weighted by molar-refractivity contribution is 6.21. The maximum absolute atomic E-state index is 12.2. The lowest BCUT2D eigenvalue weighted by Gasteiger charge is -2.13. The van der Waals surface area contributed by atoms with Gasteiger partial charge in [-0.25, -0.2) is 0 Å². The topological polar surface area (TPSA) is 46.6 Å². The second-order valence-electron chi connectivity index (χ2n) is 5.22. The smallest absolute Gasteiger partial charge is 0.261 e. The molecule has 0 bridgehead atoms. The second kappa shape index (κ2) is 6.66. The normalized spacial score (nSPS) is 14.0. The molecule has 20 heavy (non-hydrogen) atoms. The third-order valence-corrected chi connectivity index (χ3v) is 3.61. The molecule has 0 unspecified atom stereocenters. The molecule has 4 nitrogen and oxygen atoms in total. The molecule has 1 heterocycles. The first-order valence-corrected chi connectivity index (χ1v) is 7.11. The maximum atomic E-state index is 12.2. The number of unbranched alkanes of at least 4 members (excludes halogenated alkanes) is 3. The summed E-state index contributed by atoms with van der Waals surface area (Å²) in [7, 11) is 1.70. The molecule has 1 aromatic carbocycles. The van der Waals surface area contributed by atoms with Gasteiger partial charge in [-0.15, -0.1) is 0 Å². The summed E-state index contributed by atoms with van der Waals surface area (Å²) in [5.74, 6) is -0.299. The summed E-state index contributed by atoms with van der Waals surface area (Å²) < 4.78 is 4.99. The van der Waals surface area contributed by atoms with Crippen LogP contribution in [-0.4, -0.2) is 37.0 Å². The number of rotatable bonds is 7. The van der Waals surface area contributed by atoms with Crippen molar-refractivity contribution in [2.45, 2.75) is 32.6 Å². The average molecular weight is 275 g/mol. The third kappa shape index (κ3) is 3.07. The largest absolute Gasteiger partial charge is 0.385 e. The van der Waals surface area contributed by atoms with Gasteiger partial charge in [-0.3, -0.25) is 14.5 Å². The molecular formula is C16H21NO3. The lowest BCUT2D eigenvalue weighted by Crippen LogP contribution is -2.30. The van der Waals surface area contributed by atoms with Crippen molar-refractivity contribution in [3.63, 3.8) is 0 Å². The zero-order valence-corrected chi connectivity index (χ0v) is 12.1. The van der Waals surface area contributed by atoms with Gasteiger partial charge in [-0.2, -0.15) is 0 Å². The van der Waals surface area contributed by atoms with Gasteiger partial charge in [0.15, 0.2) is 0 Å². The summed E-state index contributed by atoms with van der Waals surface area (Å²) in [6.45, 7) is 3.21. The summed E-state index contributed by atoms with van der Waals surface area (Å²) in [6, 6.07) is 5.43. The highest BCUT2D eigenvalue weighted by Gasteiger charge is 2.34. The Morgan fingerprint density at radius 2 is 1.70 bits per heavy atom. The molecule has 0 radical (unpaired) electrons. The Bertz CT molecular complexity index is 510. The minimum Gasteiger partial charge on any atom is -0.385 e. The van der Waals surface area contributed by atoms with Crippen molar-refractivity contribution in [2.75, 3.05) is 20.3 Å². The number of aryl methyl sites for hydroxylation is 1. The van der Waals surface area contributed by atoms with Gasteiger partial charge in [0.05, 0.1) is 11.1 Å². The van der Waals surface area contributed by atoms with Crippen molar-refractivity contribution in [3.8, 4) is 0 Å². The van der Waals surface area contributed by atoms with Crippen LogP contribution in [0.5, 0.6) is 0 Å². The lowest BCUT2D eigenvalue weighted by molar-refractivity contribution is 0.0651. The molecule has 0 fully saturated rings. The van der Waals surface area contributed by atoms with E-state index in [1.807, 2.05) is 13.0 Å². The molecule has 0 aliphatic carbocycles. The Labute approximate surface area is 119 Å². The van der Waals surface area contributed by atoms with Crippen molar-refractivity contribution in [1.29, 1.82) is 0 Å². The number of nitrogens with zero attached hydrogens (tertiary/aromatic N) is 1. The Balaban J connectivity index is 1.89. The average Bonchev–Trinajstić information content (AvgIpc) is 2.67. The van der Waals surface area contributed by atoms with E-state index in [9.17, 15) is 9.59 Å². The fourth-order valence-electron chi connectivity index (χ4n) is 2.48. The van der Waals surface area contributed by atoms with E-state index < -0.39 is 0 Å². The van der Waals surface area contributed by atoms with E-state index in [-0.39, 0.29) is 11.8 Å². The lowest BCUT2D eigenvalue weighted by atomic mass is 10.1. The van der Waals surface area contributed by atoms with Crippen molar-refractivity contribution in [2.24, 2.45) is 0 Å². The van der Waals surface area contributed by atoms with Crippen LogP contribution < -0.4 is 0 Å². The fourth-order valence-corrected chi connectivity index (χ4v) is 2.48. The standard InChI is InChI=1S/C16H21NO3/c1-12-7-8-13-14(11-12)16(19)17(15(13)18)9-5-3-4-6-10-20-2/h7-8,11H,3-6,9-10H2,1-2H3. The molecule has 4 heteroatoms. The first-order chi connectivity index (χ1) is 9.65. The highest BCUT2D eigenvalue weighted by Crippen LogP contribution is 2.24. The summed E-state index contributed by atoms with van der Waals surface area (Å²) in [6.07, 6.45) is 3.96. The number of fused-ring (bicyclic) bond motifs is 1. The Morgan fingerprint density at radius 1 is 1.00 bits per heavy atom. The van der Waals surface area contributed by atoms with Crippen LogP contribution in [0.3, 0.4) is 0 Å². The van der Waals surface area contributed by atoms with Gasteiger partial charge < -0.3 is 4.74 Å². The molecule has 1 aromatic rings. The molecule has 0 saturated heterocycles. The molecule has 0 spiro atoms. The Kier molecular flexibility index (Phi) is 4.90. The summed E-state index contributed by atoms with van der Waals surface area (Å²) in [5, 5.41) is 0. The maximum Gasteiger partial charge on any atom is 0.261 e. The molecule has 0 saturated carbocycles. The molecule has 2 amide bonds. The van der Waals surface area contributed by atoms with E-state index in [0.717, 1.165) is 37.9 Å². The van der Waals surface area contributed by atoms with Gasteiger partial charge >= 0.3 is 0 Å². The third-order valence-electron chi connectivity index (χ3n) is 3.61. The zero-order valence-electron chi connectivity index (χ0n) is 12.1. The number of ether oxygens (including phenoxy) is 1. The first-order valence-electron chi connectivity index (χ1n) is 7.11. The molecule has 0 atom stereocenters. The fraction of sp³-hybridized carbons (Fsp3) is 0.500. The van der Waals surface area contributed by atoms with Gasteiger partial charge in [0.1, 0.15) is 0 Å². The molecule has 0 N–H and O–H groups in total. The predicted molar refractivity (Wildman–Crippen MR) is 76.9 cm³/mol. The van der Waals surface area contributed by atoms with Crippen LogP contribution in [0.1, 0.15) is 52.0 Å². The monoisotopic (exact) mass is 275 g/mol. The number of methoxy groups -OCH3 is 1. The molecule has 1 aliphatic rings. The van der Waals surface area contributed by atoms with Crippen LogP contribution >= 0.6 is 0 Å². The van der Waals surface area contributed by atoms with E-state index in [4.69, 9.17) is 4.74 Å². The Morgan fingerprint density at radius 3 is 2.45 bits per heavy atom. The number of benzene rings is 1. The molecule has 2 rings (SSSR count). The van der Waals surface area contributed by atoms with Gasteiger partial charge in [0.2, 0.25) is 0 Å². The van der Waals surface area contributed by atoms with E-state index in [1.165, 1.54) is 4.90 Å². The van der Waals surface area contributed by atoms with Gasteiger partial charge in [0, 0.05) is 20.3 Å². The van der Waals surface area contributed by atoms with E-state index in [0.29, 0.717) is 17.7 Å². The van der Waals surface area contributed by atoms with Crippen LogP contribution in [0.25, 0.3) is 0 Å². The Hall–Kier alpha value is -1.68. The first kappa shape index (κ1) is 14.7. The molecule has 108 valence electrons. The van der Waals surface area contributed by atoms with E-state index >= 15 is 0 Å². The van der Waals surface area contributed by atoms with Crippen LogP contribution in [-0.2, 0) is 4.74 Å². The number of hydrogen-bond donors (Lipinski definition) is 0. The number of carbonyl (C=O) groups excluding carboxylic acids is 2. The zero-order chi connectivity index (χ0) is 14.5. The van der Waals surface area contributed by atoms with Gasteiger partial charge in [0.25, 0.3) is 11.8 Å². The quantitative estimate of drug-likeness (QED) is 0.568. The summed E-state index contributed by atoms with van der Waals surface area (Å²) >= 11 is 0. The van der Waals surface area contributed by atoms with Crippen LogP contribution in [0.4, 0.5) is 0 Å². The van der Waals surface area contributed by atoms with Crippen molar-refractivity contribution < 1.29 is 14.3 Å². The van der Waals surface area contributed by atoms with E-state index in [2.05, 4.69) is 0 Å². The van der Waals surface area contributed by atoms with Crippen LogP contribution in [0, 0.1) is 6.92 Å².